The van der Waals surface area contributed by atoms with Crippen LogP contribution in [0.1, 0.15) is 56.3 Å². The van der Waals surface area contributed by atoms with E-state index in [9.17, 15) is 4.79 Å². The second-order valence-corrected chi connectivity index (χ2v) is 5.27. The molecular weight excluding hydrogens is 238 g/mol. The number of benzene rings is 1. The molecule has 0 aromatic heterocycles. The molecule has 2 N–H and O–H groups in total. The van der Waals surface area contributed by atoms with Gasteiger partial charge in [0.2, 0.25) is 0 Å². The normalized spacial score (nSPS) is 19.6. The lowest BCUT2D eigenvalue weighted by Gasteiger charge is -2.26. The number of aryl methyl sites for hydroxylation is 1. The van der Waals surface area contributed by atoms with E-state index in [0.717, 1.165) is 37.7 Å². The van der Waals surface area contributed by atoms with Crippen molar-refractivity contribution in [2.24, 2.45) is 5.73 Å². The molecule has 2 atom stereocenters. The number of hydrogen-bond acceptors (Lipinski definition) is 3. The molecule has 0 heterocycles. The first-order chi connectivity index (χ1) is 9.22. The van der Waals surface area contributed by atoms with Crippen LogP contribution in [0.25, 0.3) is 0 Å². The zero-order chi connectivity index (χ0) is 13.7. The maximum absolute atomic E-state index is 12.0. The molecular formula is C16H23NO2. The highest BCUT2D eigenvalue weighted by molar-refractivity contribution is 5.75. The van der Waals surface area contributed by atoms with E-state index in [4.69, 9.17) is 10.5 Å². The average Bonchev–Trinajstić information content (AvgIpc) is 2.45. The molecule has 19 heavy (non-hydrogen) atoms. The summed E-state index contributed by atoms with van der Waals surface area (Å²) in [5, 5.41) is 0. The monoisotopic (exact) mass is 261 g/mol. The summed E-state index contributed by atoms with van der Waals surface area (Å²) in [5.74, 6) is -0.254. The Morgan fingerprint density at radius 1 is 1.47 bits per heavy atom. The largest absolute Gasteiger partial charge is 0.456 e. The van der Waals surface area contributed by atoms with Crippen molar-refractivity contribution in [3.8, 4) is 0 Å². The summed E-state index contributed by atoms with van der Waals surface area (Å²) >= 11 is 0. The van der Waals surface area contributed by atoms with Gasteiger partial charge in [-0.1, -0.05) is 44.0 Å². The van der Waals surface area contributed by atoms with Crippen molar-refractivity contribution in [2.45, 2.75) is 57.6 Å². The summed E-state index contributed by atoms with van der Waals surface area (Å²) in [6, 6.07) is 7.74. The van der Waals surface area contributed by atoms with Crippen LogP contribution in [0.5, 0.6) is 0 Å². The quantitative estimate of drug-likeness (QED) is 0.828. The molecule has 0 spiro atoms. The summed E-state index contributed by atoms with van der Waals surface area (Å²) in [4.78, 5) is 12.0. The standard InChI is InChI=1S/C16H23NO2/c1-2-3-10-14(17)16(18)19-15-11-6-8-12-7-4-5-9-13(12)15/h4-5,7,9,14-15H,2-3,6,8,10-11,17H2,1H3. The van der Waals surface area contributed by atoms with E-state index in [1.54, 1.807) is 0 Å². The Bertz CT molecular complexity index is 431. The van der Waals surface area contributed by atoms with Crippen LogP contribution in [0.3, 0.4) is 0 Å². The minimum atomic E-state index is -0.478. The Kier molecular flexibility index (Phi) is 4.97. The first-order valence-electron chi connectivity index (χ1n) is 7.26. The van der Waals surface area contributed by atoms with Gasteiger partial charge < -0.3 is 10.5 Å². The zero-order valence-corrected chi connectivity index (χ0v) is 11.6. The molecule has 0 aliphatic heterocycles. The summed E-state index contributed by atoms with van der Waals surface area (Å²) < 4.78 is 5.61. The van der Waals surface area contributed by atoms with Crippen molar-refractivity contribution in [1.29, 1.82) is 0 Å². The zero-order valence-electron chi connectivity index (χ0n) is 11.6. The van der Waals surface area contributed by atoms with Crippen molar-refractivity contribution in [1.82, 2.24) is 0 Å². The molecule has 1 aromatic rings. The van der Waals surface area contributed by atoms with Gasteiger partial charge in [-0.15, -0.1) is 0 Å². The highest BCUT2D eigenvalue weighted by Gasteiger charge is 2.25. The molecule has 0 saturated carbocycles. The number of ether oxygens (including phenoxy) is 1. The molecule has 2 rings (SSSR count). The third kappa shape index (κ3) is 3.57. The number of unbranched alkanes of at least 4 members (excludes halogenated alkanes) is 1. The van der Waals surface area contributed by atoms with Crippen LogP contribution in [-0.2, 0) is 16.0 Å². The molecule has 0 bridgehead atoms. The number of carbonyl (C=O) groups excluding carboxylic acids is 1. The number of nitrogens with two attached hydrogens (primary N) is 1. The fraction of sp³-hybridized carbons (Fsp3) is 0.562. The van der Waals surface area contributed by atoms with Gasteiger partial charge in [0.15, 0.2) is 0 Å². The fourth-order valence-corrected chi connectivity index (χ4v) is 2.60. The summed E-state index contributed by atoms with van der Waals surface area (Å²) in [6.07, 6.45) is 5.67. The van der Waals surface area contributed by atoms with Crippen molar-refractivity contribution in [2.75, 3.05) is 0 Å². The average molecular weight is 261 g/mol. The van der Waals surface area contributed by atoms with Gasteiger partial charge in [-0.3, -0.25) is 4.79 Å². The van der Waals surface area contributed by atoms with E-state index < -0.39 is 6.04 Å². The van der Waals surface area contributed by atoms with Crippen LogP contribution >= 0.6 is 0 Å². The van der Waals surface area contributed by atoms with Crippen molar-refractivity contribution < 1.29 is 9.53 Å². The first-order valence-corrected chi connectivity index (χ1v) is 7.26. The lowest BCUT2D eigenvalue weighted by Crippen LogP contribution is -2.33. The smallest absolute Gasteiger partial charge is 0.323 e. The van der Waals surface area contributed by atoms with Gasteiger partial charge in [0.05, 0.1) is 0 Å². The van der Waals surface area contributed by atoms with Crippen LogP contribution in [0.2, 0.25) is 0 Å². The molecule has 1 aliphatic carbocycles. The maximum Gasteiger partial charge on any atom is 0.323 e. The number of esters is 1. The van der Waals surface area contributed by atoms with E-state index in [1.165, 1.54) is 5.56 Å². The Balaban J connectivity index is 1.98. The van der Waals surface area contributed by atoms with Crippen LogP contribution in [0, 0.1) is 0 Å². The summed E-state index contributed by atoms with van der Waals surface area (Å²) in [5.41, 5.74) is 8.32. The van der Waals surface area contributed by atoms with E-state index in [1.807, 2.05) is 12.1 Å². The lowest BCUT2D eigenvalue weighted by molar-refractivity contribution is -0.152. The molecule has 104 valence electrons. The minimum Gasteiger partial charge on any atom is -0.456 e. The van der Waals surface area contributed by atoms with Gasteiger partial charge in [0.25, 0.3) is 0 Å². The van der Waals surface area contributed by atoms with Gasteiger partial charge >= 0.3 is 5.97 Å². The molecule has 1 aliphatic rings. The summed E-state index contributed by atoms with van der Waals surface area (Å²) in [6.45, 7) is 2.09. The Morgan fingerprint density at radius 2 is 2.26 bits per heavy atom. The van der Waals surface area contributed by atoms with Crippen molar-refractivity contribution in [3.63, 3.8) is 0 Å². The molecule has 2 unspecified atom stereocenters. The third-order valence-electron chi connectivity index (χ3n) is 3.74. The number of carbonyl (C=O) groups is 1. The summed E-state index contributed by atoms with van der Waals surface area (Å²) in [7, 11) is 0. The highest BCUT2D eigenvalue weighted by atomic mass is 16.5. The van der Waals surface area contributed by atoms with Gasteiger partial charge in [-0.2, -0.15) is 0 Å². The molecule has 0 saturated heterocycles. The fourth-order valence-electron chi connectivity index (χ4n) is 2.60. The first kappa shape index (κ1) is 14.1. The van der Waals surface area contributed by atoms with E-state index in [0.29, 0.717) is 6.42 Å². The second-order valence-electron chi connectivity index (χ2n) is 5.27. The maximum atomic E-state index is 12.0. The lowest BCUT2D eigenvalue weighted by atomic mass is 9.89. The van der Waals surface area contributed by atoms with Crippen LogP contribution < -0.4 is 5.73 Å². The van der Waals surface area contributed by atoms with E-state index in [-0.39, 0.29) is 12.1 Å². The predicted molar refractivity (Wildman–Crippen MR) is 75.7 cm³/mol. The molecule has 3 heteroatoms. The van der Waals surface area contributed by atoms with E-state index >= 15 is 0 Å². The third-order valence-corrected chi connectivity index (χ3v) is 3.74. The topological polar surface area (TPSA) is 52.3 Å². The van der Waals surface area contributed by atoms with Crippen molar-refractivity contribution in [3.05, 3.63) is 35.4 Å². The van der Waals surface area contributed by atoms with Crippen LogP contribution in [-0.4, -0.2) is 12.0 Å². The van der Waals surface area contributed by atoms with Crippen LogP contribution in [0.4, 0.5) is 0 Å². The van der Waals surface area contributed by atoms with Gasteiger partial charge in [0.1, 0.15) is 12.1 Å². The second kappa shape index (κ2) is 6.71. The molecule has 0 amide bonds. The Labute approximate surface area is 115 Å². The Morgan fingerprint density at radius 3 is 3.05 bits per heavy atom. The van der Waals surface area contributed by atoms with Gasteiger partial charge in [-0.05, 0) is 36.8 Å². The molecule has 0 fully saturated rings. The van der Waals surface area contributed by atoms with Gasteiger partial charge in [-0.25, -0.2) is 0 Å². The number of fused-ring (bicyclic) bond motifs is 1. The molecule has 1 aromatic carbocycles. The SMILES string of the molecule is CCCCC(N)C(=O)OC1CCCc2ccccc21. The van der Waals surface area contributed by atoms with Gasteiger partial charge in [0, 0.05) is 0 Å². The van der Waals surface area contributed by atoms with Crippen molar-refractivity contribution >= 4 is 5.97 Å². The molecule has 0 radical (unpaired) electrons. The predicted octanol–water partition coefficient (Wildman–Crippen LogP) is 3.12. The molecule has 3 nitrogen and oxygen atoms in total. The van der Waals surface area contributed by atoms with Crippen LogP contribution in [0.15, 0.2) is 24.3 Å². The minimum absolute atomic E-state index is 0.106. The Hall–Kier alpha value is -1.35. The number of hydrogen-bond donors (Lipinski definition) is 1. The number of rotatable bonds is 5. The highest BCUT2D eigenvalue weighted by Crippen LogP contribution is 2.32. The van der Waals surface area contributed by atoms with E-state index in [2.05, 4.69) is 19.1 Å².